The fraction of sp³-hybridized carbons (Fsp3) is 0.400. The van der Waals surface area contributed by atoms with E-state index in [1.165, 1.54) is 4.31 Å². The molecule has 0 N–H and O–H groups in total. The monoisotopic (exact) mass is 413 g/mol. The molecule has 5 rings (SSSR count). The quantitative estimate of drug-likeness (QED) is 0.648. The number of hydrogen-bond donors (Lipinski definition) is 0. The van der Waals surface area contributed by atoms with Gasteiger partial charge in [0.1, 0.15) is 0 Å². The van der Waals surface area contributed by atoms with E-state index in [0.717, 1.165) is 44.1 Å². The third-order valence-corrected chi connectivity index (χ3v) is 7.48. The Hall–Kier alpha value is -2.49. The van der Waals surface area contributed by atoms with E-state index in [1.807, 2.05) is 18.3 Å². The molecule has 2 aliphatic rings. The first-order valence-corrected chi connectivity index (χ1v) is 11.3. The van der Waals surface area contributed by atoms with Gasteiger partial charge in [0.05, 0.1) is 30.0 Å². The van der Waals surface area contributed by atoms with Crippen molar-refractivity contribution in [2.24, 2.45) is 0 Å². The summed E-state index contributed by atoms with van der Waals surface area (Å²) >= 11 is 0. The zero-order valence-electron chi connectivity index (χ0n) is 16.0. The number of anilines is 1. The van der Waals surface area contributed by atoms with Gasteiger partial charge in [-0.15, -0.1) is 0 Å². The van der Waals surface area contributed by atoms with Crippen molar-refractivity contribution in [1.29, 1.82) is 0 Å². The molecule has 8 nitrogen and oxygen atoms in total. The van der Waals surface area contributed by atoms with Crippen LogP contribution in [-0.2, 0) is 14.8 Å². The molecule has 0 radical (unpaired) electrons. The zero-order chi connectivity index (χ0) is 19.8. The number of benzene rings is 1. The summed E-state index contributed by atoms with van der Waals surface area (Å²) < 4.78 is 34.5. The number of pyridine rings is 1. The molecule has 1 aromatic carbocycles. The van der Waals surface area contributed by atoms with Crippen LogP contribution < -0.4 is 4.90 Å². The Morgan fingerprint density at radius 3 is 2.59 bits per heavy atom. The van der Waals surface area contributed by atoms with Crippen molar-refractivity contribution in [2.75, 3.05) is 44.3 Å². The fourth-order valence-electron chi connectivity index (χ4n) is 3.97. The second-order valence-electron chi connectivity index (χ2n) is 7.42. The normalized spacial score (nSPS) is 21.1. The number of ether oxygens (including phenoxy) is 1. The van der Waals surface area contributed by atoms with Gasteiger partial charge >= 0.3 is 0 Å². The Morgan fingerprint density at radius 1 is 1.00 bits per heavy atom. The van der Waals surface area contributed by atoms with Gasteiger partial charge in [-0.2, -0.15) is 9.40 Å². The van der Waals surface area contributed by atoms with Crippen molar-refractivity contribution in [3.05, 3.63) is 54.5 Å². The molecule has 2 aliphatic heterocycles. The molecule has 0 aliphatic carbocycles. The van der Waals surface area contributed by atoms with Crippen LogP contribution in [0.15, 0.2) is 53.6 Å². The highest BCUT2D eigenvalue weighted by Crippen LogP contribution is 2.30. The molecule has 152 valence electrons. The minimum Gasteiger partial charge on any atom is -0.378 e. The number of aromatic nitrogens is 3. The standard InChI is InChI=1S/C20H23N5O3S/c26-29(27,18-4-2-1-3-5-18)24-9-8-16(14-24)20-21-19-7-6-17(15-25(19)22-20)23-10-12-28-13-11-23/h1-7,15-16H,8-14H2/t16-/m1/s1. The molecule has 29 heavy (non-hydrogen) atoms. The fourth-order valence-corrected chi connectivity index (χ4v) is 5.49. The van der Waals surface area contributed by atoms with E-state index in [9.17, 15) is 8.42 Å². The summed E-state index contributed by atoms with van der Waals surface area (Å²) in [5.74, 6) is 0.704. The van der Waals surface area contributed by atoms with Crippen molar-refractivity contribution in [3.63, 3.8) is 0 Å². The average molecular weight is 414 g/mol. The number of hydrogen-bond acceptors (Lipinski definition) is 6. The molecule has 0 spiro atoms. The minimum absolute atomic E-state index is 0.000207. The zero-order valence-corrected chi connectivity index (χ0v) is 16.8. The molecular formula is C20H23N5O3S. The number of fused-ring (bicyclic) bond motifs is 1. The molecule has 0 amide bonds. The van der Waals surface area contributed by atoms with Gasteiger partial charge in [-0.3, -0.25) is 0 Å². The largest absolute Gasteiger partial charge is 0.378 e. The Bertz CT molecular complexity index is 1110. The van der Waals surface area contributed by atoms with Gasteiger partial charge in [-0.1, -0.05) is 18.2 Å². The smallest absolute Gasteiger partial charge is 0.243 e. The van der Waals surface area contributed by atoms with E-state index in [4.69, 9.17) is 4.74 Å². The molecule has 2 aromatic heterocycles. The highest BCUT2D eigenvalue weighted by atomic mass is 32.2. The topological polar surface area (TPSA) is 80.0 Å². The van der Waals surface area contributed by atoms with Gasteiger partial charge in [0.15, 0.2) is 11.5 Å². The van der Waals surface area contributed by atoms with Gasteiger partial charge < -0.3 is 9.64 Å². The maximum Gasteiger partial charge on any atom is 0.243 e. The lowest BCUT2D eigenvalue weighted by molar-refractivity contribution is 0.122. The van der Waals surface area contributed by atoms with Crippen LogP contribution in [0.4, 0.5) is 5.69 Å². The Labute approximate surface area is 169 Å². The summed E-state index contributed by atoms with van der Waals surface area (Å²) in [7, 11) is -3.48. The highest BCUT2D eigenvalue weighted by molar-refractivity contribution is 7.89. The van der Waals surface area contributed by atoms with Crippen LogP contribution in [-0.4, -0.2) is 66.7 Å². The second kappa shape index (κ2) is 7.40. The molecule has 2 saturated heterocycles. The Kier molecular flexibility index (Phi) is 4.73. The third kappa shape index (κ3) is 3.50. The Morgan fingerprint density at radius 2 is 1.79 bits per heavy atom. The van der Waals surface area contributed by atoms with Crippen molar-refractivity contribution >= 4 is 21.4 Å². The Balaban J connectivity index is 1.36. The van der Waals surface area contributed by atoms with Crippen molar-refractivity contribution in [2.45, 2.75) is 17.2 Å². The lowest BCUT2D eigenvalue weighted by Gasteiger charge is -2.28. The number of morpholine rings is 1. The van der Waals surface area contributed by atoms with Crippen molar-refractivity contribution in [1.82, 2.24) is 18.9 Å². The predicted molar refractivity (Wildman–Crippen MR) is 109 cm³/mol. The summed E-state index contributed by atoms with van der Waals surface area (Å²) in [4.78, 5) is 7.26. The van der Waals surface area contributed by atoms with E-state index in [1.54, 1.807) is 28.8 Å². The first kappa shape index (κ1) is 18.5. The highest BCUT2D eigenvalue weighted by Gasteiger charge is 2.35. The summed E-state index contributed by atoms with van der Waals surface area (Å²) in [6.45, 7) is 4.08. The average Bonchev–Trinajstić information content (AvgIpc) is 3.42. The number of nitrogens with zero attached hydrogens (tertiary/aromatic N) is 5. The summed E-state index contributed by atoms with van der Waals surface area (Å²) in [6.07, 6.45) is 2.71. The SMILES string of the molecule is O=S(=O)(c1ccccc1)N1CC[C@@H](c2nc3ccc(N4CCOCC4)cn3n2)C1. The lowest BCUT2D eigenvalue weighted by atomic mass is 10.1. The van der Waals surface area contributed by atoms with E-state index >= 15 is 0 Å². The van der Waals surface area contributed by atoms with Crippen LogP contribution in [0.3, 0.4) is 0 Å². The molecule has 9 heteroatoms. The summed E-state index contributed by atoms with van der Waals surface area (Å²) in [5.41, 5.74) is 1.87. The lowest BCUT2D eigenvalue weighted by Crippen LogP contribution is -2.36. The second-order valence-corrected chi connectivity index (χ2v) is 9.36. The van der Waals surface area contributed by atoms with E-state index in [2.05, 4.69) is 21.0 Å². The van der Waals surface area contributed by atoms with Gasteiger partial charge in [0.25, 0.3) is 0 Å². The molecule has 1 atom stereocenters. The van der Waals surface area contributed by atoms with Crippen LogP contribution in [0.5, 0.6) is 0 Å². The molecule has 4 heterocycles. The number of sulfonamides is 1. The summed E-state index contributed by atoms with van der Waals surface area (Å²) in [6, 6.07) is 12.6. The first-order valence-electron chi connectivity index (χ1n) is 9.85. The molecule has 0 unspecified atom stereocenters. The maximum absolute atomic E-state index is 12.9. The van der Waals surface area contributed by atoms with E-state index < -0.39 is 10.0 Å². The van der Waals surface area contributed by atoms with Crippen molar-refractivity contribution < 1.29 is 13.2 Å². The van der Waals surface area contributed by atoms with Crippen LogP contribution in [0, 0.1) is 0 Å². The van der Waals surface area contributed by atoms with E-state index in [-0.39, 0.29) is 5.92 Å². The minimum atomic E-state index is -3.48. The molecule has 3 aromatic rings. The van der Waals surface area contributed by atoms with E-state index in [0.29, 0.717) is 23.8 Å². The van der Waals surface area contributed by atoms with Crippen molar-refractivity contribution in [3.8, 4) is 0 Å². The van der Waals surface area contributed by atoms with Gasteiger partial charge in [0, 0.05) is 32.1 Å². The third-order valence-electron chi connectivity index (χ3n) is 5.61. The molecular weight excluding hydrogens is 390 g/mol. The van der Waals surface area contributed by atoms with Crippen LogP contribution >= 0.6 is 0 Å². The van der Waals surface area contributed by atoms with Gasteiger partial charge in [-0.05, 0) is 30.7 Å². The predicted octanol–water partition coefficient (Wildman–Crippen LogP) is 1.74. The van der Waals surface area contributed by atoms with Crippen LogP contribution in [0.1, 0.15) is 18.2 Å². The van der Waals surface area contributed by atoms with Crippen LogP contribution in [0.2, 0.25) is 0 Å². The number of rotatable bonds is 4. The molecule has 0 bridgehead atoms. The molecule has 0 saturated carbocycles. The first-order chi connectivity index (χ1) is 14.1. The molecule has 2 fully saturated rings. The van der Waals surface area contributed by atoms with Crippen LogP contribution in [0.25, 0.3) is 5.65 Å². The summed E-state index contributed by atoms with van der Waals surface area (Å²) in [5, 5.41) is 4.67. The maximum atomic E-state index is 12.9. The van der Waals surface area contributed by atoms with Gasteiger partial charge in [0.2, 0.25) is 10.0 Å². The van der Waals surface area contributed by atoms with Gasteiger partial charge in [-0.25, -0.2) is 17.9 Å².